The van der Waals surface area contributed by atoms with Crippen LogP contribution in [-0.4, -0.2) is 53.4 Å². The Labute approximate surface area is 225 Å². The molecular weight excluding hydrogens is 505 g/mol. The zero-order chi connectivity index (χ0) is 27.7. The highest BCUT2D eigenvalue weighted by molar-refractivity contribution is 5.91. The Morgan fingerprint density at radius 1 is 1.05 bits per heavy atom. The lowest BCUT2D eigenvalue weighted by Gasteiger charge is -2.38. The average Bonchev–Trinajstić information content (AvgIpc) is 3.36. The molecule has 4 heterocycles. The number of alkyl halides is 2. The first-order valence-electron chi connectivity index (χ1n) is 13.2. The van der Waals surface area contributed by atoms with Crippen LogP contribution in [0.3, 0.4) is 0 Å². The SMILES string of the molecule is CCCCCn1nc(-c2ccc(F)cc2)c2ccnc(-n3nc(C)c(CN4CC(F)(F)C4)c3C)cc(N)[nH]c21. The third-order valence-corrected chi connectivity index (χ3v) is 7.03. The summed E-state index contributed by atoms with van der Waals surface area (Å²) >= 11 is 0. The molecule has 3 aromatic heterocycles. The monoisotopic (exact) mass is 538 g/mol. The molecule has 206 valence electrons. The van der Waals surface area contributed by atoms with Crippen LogP contribution in [0.1, 0.15) is 43.1 Å². The lowest BCUT2D eigenvalue weighted by Crippen LogP contribution is -2.55. The van der Waals surface area contributed by atoms with Gasteiger partial charge in [0.05, 0.1) is 18.8 Å². The number of nitrogen functional groups attached to an aromatic ring is 1. The lowest BCUT2D eigenvalue weighted by atomic mass is 10.1. The third kappa shape index (κ3) is 5.63. The number of aromatic amines is 1. The Bertz CT molecular complexity index is 1520. The normalized spacial score (nSPS) is 14.9. The van der Waals surface area contributed by atoms with Crippen molar-refractivity contribution in [3.63, 3.8) is 0 Å². The molecule has 0 radical (unpaired) electrons. The molecule has 0 aliphatic carbocycles. The second kappa shape index (κ2) is 10.7. The number of nitrogens with one attached hydrogen (secondary N) is 1. The number of H-pyrrole nitrogens is 1. The van der Waals surface area contributed by atoms with E-state index in [4.69, 9.17) is 10.8 Å². The van der Waals surface area contributed by atoms with Gasteiger partial charge in [-0.2, -0.15) is 10.2 Å². The van der Waals surface area contributed by atoms with Crippen LogP contribution >= 0.6 is 0 Å². The maximum absolute atomic E-state index is 13.6. The van der Waals surface area contributed by atoms with Crippen LogP contribution in [0.25, 0.3) is 28.1 Å². The summed E-state index contributed by atoms with van der Waals surface area (Å²) in [7, 11) is 0. The molecule has 0 spiro atoms. The molecule has 1 fully saturated rings. The molecule has 1 aromatic carbocycles. The van der Waals surface area contributed by atoms with Crippen molar-refractivity contribution >= 4 is 16.9 Å². The highest BCUT2D eigenvalue weighted by Gasteiger charge is 2.43. The molecular formula is C28H33F3N8. The number of nitrogens with zero attached hydrogens (tertiary/aromatic N) is 6. The molecule has 1 saturated heterocycles. The topological polar surface area (TPSA) is 93.6 Å². The summed E-state index contributed by atoms with van der Waals surface area (Å²) < 4.78 is 43.9. The zero-order valence-corrected chi connectivity index (χ0v) is 22.4. The van der Waals surface area contributed by atoms with Crippen molar-refractivity contribution < 1.29 is 13.2 Å². The number of aryl methyl sites for hydroxylation is 2. The molecule has 0 bridgehead atoms. The van der Waals surface area contributed by atoms with E-state index in [9.17, 15) is 13.2 Å². The van der Waals surface area contributed by atoms with Gasteiger partial charge in [0.2, 0.25) is 0 Å². The summed E-state index contributed by atoms with van der Waals surface area (Å²) in [6.45, 7) is 6.50. The van der Waals surface area contributed by atoms with Gasteiger partial charge in [0.1, 0.15) is 23.0 Å². The average molecular weight is 539 g/mol. The van der Waals surface area contributed by atoms with E-state index in [1.165, 1.54) is 12.1 Å². The Kier molecular flexibility index (Phi) is 7.35. The summed E-state index contributed by atoms with van der Waals surface area (Å²) in [5.74, 6) is -2.11. The molecule has 1 aliphatic rings. The minimum atomic E-state index is -2.62. The van der Waals surface area contributed by atoms with Gasteiger partial charge in [-0.15, -0.1) is 0 Å². The predicted molar refractivity (Wildman–Crippen MR) is 146 cm³/mol. The van der Waals surface area contributed by atoms with Gasteiger partial charge in [0.25, 0.3) is 5.92 Å². The van der Waals surface area contributed by atoms with E-state index in [0.29, 0.717) is 30.4 Å². The van der Waals surface area contributed by atoms with Crippen molar-refractivity contribution in [2.75, 3.05) is 18.8 Å². The maximum atomic E-state index is 13.6. The minimum absolute atomic E-state index is 0.249. The zero-order valence-electron chi connectivity index (χ0n) is 22.4. The molecule has 0 saturated carbocycles. The molecule has 0 unspecified atom stereocenters. The number of unbranched alkanes of at least 4 members (excludes halogenated alkanes) is 2. The lowest BCUT2D eigenvalue weighted by molar-refractivity contribution is -0.134. The molecule has 5 rings (SSSR count). The number of halogens is 3. The first-order valence-corrected chi connectivity index (χ1v) is 13.2. The highest BCUT2D eigenvalue weighted by Crippen LogP contribution is 2.30. The molecule has 8 nitrogen and oxygen atoms in total. The van der Waals surface area contributed by atoms with E-state index in [-0.39, 0.29) is 18.9 Å². The molecule has 1 aliphatic heterocycles. The van der Waals surface area contributed by atoms with Crippen LogP contribution in [0.2, 0.25) is 0 Å². The largest absolute Gasteiger partial charge is 0.385 e. The van der Waals surface area contributed by atoms with Crippen LogP contribution in [0.4, 0.5) is 19.0 Å². The van der Waals surface area contributed by atoms with Crippen molar-refractivity contribution in [3.8, 4) is 17.1 Å². The van der Waals surface area contributed by atoms with E-state index >= 15 is 0 Å². The number of likely N-dealkylation sites (tertiary alicyclic amines) is 1. The number of fused-ring (bicyclic) bond motifs is 1. The number of hydrogen-bond acceptors (Lipinski definition) is 5. The van der Waals surface area contributed by atoms with Gasteiger partial charge in [0, 0.05) is 47.6 Å². The highest BCUT2D eigenvalue weighted by atomic mass is 19.3. The minimum Gasteiger partial charge on any atom is -0.385 e. The van der Waals surface area contributed by atoms with Gasteiger partial charge in [-0.1, -0.05) is 19.8 Å². The number of benzene rings is 1. The Hall–Kier alpha value is -3.86. The van der Waals surface area contributed by atoms with Crippen LogP contribution in [-0.2, 0) is 13.1 Å². The Morgan fingerprint density at radius 3 is 2.49 bits per heavy atom. The molecule has 0 amide bonds. The van der Waals surface area contributed by atoms with E-state index in [1.54, 1.807) is 34.0 Å². The van der Waals surface area contributed by atoms with Gasteiger partial charge in [-0.05, 0) is 50.6 Å². The van der Waals surface area contributed by atoms with Gasteiger partial charge >= 0.3 is 0 Å². The van der Waals surface area contributed by atoms with Crippen LogP contribution in [0.15, 0.2) is 42.6 Å². The molecule has 4 aromatic rings. The molecule has 11 heteroatoms. The van der Waals surface area contributed by atoms with E-state index < -0.39 is 5.92 Å². The first kappa shape index (κ1) is 26.7. The Morgan fingerprint density at radius 2 is 1.79 bits per heavy atom. The second-order valence-electron chi connectivity index (χ2n) is 10.1. The number of aromatic nitrogens is 6. The standard InChI is InChI=1S/C28H33F3N8/c1-4-5-6-13-38-27-22(26(36-38)20-7-9-21(29)10-8-20)11-12-33-25(14-24(32)34-27)39-19(3)23(18(2)35-39)15-37-16-28(30,31)17-37/h7-12,14,34H,4-6,13,15-17,32H2,1-3H3. The summed E-state index contributed by atoms with van der Waals surface area (Å²) in [6, 6.07) is 9.78. The smallest absolute Gasteiger partial charge is 0.272 e. The van der Waals surface area contributed by atoms with Crippen molar-refractivity contribution in [1.82, 2.24) is 34.4 Å². The number of rotatable bonds is 8. The molecule has 0 atom stereocenters. The van der Waals surface area contributed by atoms with E-state index in [2.05, 4.69) is 22.0 Å². The summed E-state index contributed by atoms with van der Waals surface area (Å²) in [6.07, 6.45) is 4.75. The fourth-order valence-corrected chi connectivity index (χ4v) is 4.98. The second-order valence-corrected chi connectivity index (χ2v) is 10.1. The predicted octanol–water partition coefficient (Wildman–Crippen LogP) is 5.72. The number of nitrogens with two attached hydrogens (primary N) is 1. The van der Waals surface area contributed by atoms with Crippen LogP contribution in [0.5, 0.6) is 0 Å². The van der Waals surface area contributed by atoms with Crippen molar-refractivity contribution in [2.45, 2.75) is 59.0 Å². The van der Waals surface area contributed by atoms with Crippen LogP contribution in [0, 0.1) is 19.7 Å². The fraction of sp³-hybridized carbons (Fsp3) is 0.393. The van der Waals surface area contributed by atoms with Crippen LogP contribution < -0.4 is 5.73 Å². The van der Waals surface area contributed by atoms with E-state index in [1.807, 2.05) is 24.6 Å². The fourth-order valence-electron chi connectivity index (χ4n) is 4.98. The summed E-state index contributed by atoms with van der Waals surface area (Å²) in [4.78, 5) is 9.66. The summed E-state index contributed by atoms with van der Waals surface area (Å²) in [5.41, 5.74) is 11.1. The van der Waals surface area contributed by atoms with Gasteiger partial charge < -0.3 is 10.7 Å². The quantitative estimate of drug-likeness (QED) is 0.280. The van der Waals surface area contributed by atoms with Gasteiger partial charge in [0.15, 0.2) is 5.82 Å². The maximum Gasteiger partial charge on any atom is 0.272 e. The van der Waals surface area contributed by atoms with Crippen molar-refractivity contribution in [1.29, 1.82) is 0 Å². The van der Waals surface area contributed by atoms with Crippen molar-refractivity contribution in [2.24, 2.45) is 0 Å². The molecule has 39 heavy (non-hydrogen) atoms. The van der Waals surface area contributed by atoms with Gasteiger partial charge in [-0.25, -0.2) is 27.5 Å². The Balaban J connectivity index is 1.59. The van der Waals surface area contributed by atoms with Gasteiger partial charge in [-0.3, -0.25) is 4.90 Å². The summed E-state index contributed by atoms with van der Waals surface area (Å²) in [5, 5.41) is 10.3. The first-order chi connectivity index (χ1) is 18.6. The third-order valence-electron chi connectivity index (χ3n) is 7.03. The number of anilines is 1. The van der Waals surface area contributed by atoms with E-state index in [0.717, 1.165) is 52.8 Å². The molecule has 3 N–H and O–H groups in total. The van der Waals surface area contributed by atoms with Crippen molar-refractivity contribution in [3.05, 3.63) is 65.4 Å². The number of hydrogen-bond donors (Lipinski definition) is 2.